The van der Waals surface area contributed by atoms with Crippen LogP contribution in [0.3, 0.4) is 0 Å². The smallest absolute Gasteiger partial charge is 0.283 e. The zero-order valence-electron chi connectivity index (χ0n) is 12.0. The van der Waals surface area contributed by atoms with E-state index in [2.05, 4.69) is 19.6 Å². The molecule has 12 heteroatoms. The van der Waals surface area contributed by atoms with Crippen molar-refractivity contribution in [2.24, 2.45) is 0 Å². The summed E-state index contributed by atoms with van der Waals surface area (Å²) in [5.41, 5.74) is 0. The monoisotopic (exact) mass is 478 g/mol. The fraction of sp³-hybridized carbons (Fsp3) is 0. The molecule has 138 valence electrons. The normalized spacial score (nSPS) is 10.2. The highest BCUT2D eigenvalue weighted by Gasteiger charge is 2.24. The minimum atomic E-state index is -1.58. The molecule has 0 amide bonds. The van der Waals surface area contributed by atoms with Crippen LogP contribution in [0.25, 0.3) is 0 Å². The first kappa shape index (κ1) is 21.0. The van der Waals surface area contributed by atoms with Crippen molar-refractivity contribution in [3.05, 3.63) is 54.4 Å². The number of carbonyl (C=O) groups is 2. The molecule has 2 aromatic carbocycles. The molecular formula is C14H4Cl6O6. The van der Waals surface area contributed by atoms with E-state index in [1.165, 1.54) is 24.3 Å². The van der Waals surface area contributed by atoms with Gasteiger partial charge in [-0.15, -0.1) is 0 Å². The molecule has 0 fully saturated rings. The number of hydrogen-bond acceptors (Lipinski definition) is 6. The van der Waals surface area contributed by atoms with Gasteiger partial charge in [0.25, 0.3) is 0 Å². The van der Waals surface area contributed by atoms with Gasteiger partial charge in [-0.3, -0.25) is 9.78 Å². The van der Waals surface area contributed by atoms with Crippen molar-refractivity contribution >= 4 is 81.5 Å². The van der Waals surface area contributed by atoms with Crippen LogP contribution in [0, 0.1) is 0 Å². The van der Waals surface area contributed by atoms with Gasteiger partial charge in [0.05, 0.1) is 20.1 Å². The van der Waals surface area contributed by atoms with Crippen molar-refractivity contribution in [2.75, 3.05) is 0 Å². The van der Waals surface area contributed by atoms with Gasteiger partial charge in [0.2, 0.25) is 11.5 Å². The third-order valence-electron chi connectivity index (χ3n) is 2.49. The molecule has 0 aliphatic rings. The first-order valence-electron chi connectivity index (χ1n) is 6.25. The van der Waals surface area contributed by atoms with Crippen LogP contribution in [0.4, 0.5) is 0 Å². The van der Waals surface area contributed by atoms with E-state index < -0.39 is 11.9 Å². The lowest BCUT2D eigenvalue weighted by atomic mass is 10.3. The summed E-state index contributed by atoms with van der Waals surface area (Å²) in [6.07, 6.45) is 0. The Bertz CT molecular complexity index is 753. The van der Waals surface area contributed by atoms with Gasteiger partial charge < -0.3 is 0 Å². The van der Waals surface area contributed by atoms with Crippen molar-refractivity contribution in [1.82, 2.24) is 0 Å². The fourth-order valence-corrected chi connectivity index (χ4v) is 3.20. The SMILES string of the molecule is O=C(OOc1c(Cl)cc(Cl)cc1Cl)C(=O)OOc1c(Cl)cc(Cl)cc1Cl. The lowest BCUT2D eigenvalue weighted by Gasteiger charge is -2.09. The maximum absolute atomic E-state index is 11.6. The molecule has 0 aromatic heterocycles. The van der Waals surface area contributed by atoms with Crippen LogP contribution in [0.1, 0.15) is 0 Å². The van der Waals surface area contributed by atoms with E-state index in [4.69, 9.17) is 69.6 Å². The van der Waals surface area contributed by atoms with Crippen LogP contribution in [0.5, 0.6) is 11.5 Å². The lowest BCUT2D eigenvalue weighted by Crippen LogP contribution is -2.23. The zero-order chi connectivity index (χ0) is 19.4. The van der Waals surface area contributed by atoms with E-state index in [0.717, 1.165) is 0 Å². The summed E-state index contributed by atoms with van der Waals surface area (Å²) in [7, 11) is 0. The number of carbonyl (C=O) groups excluding carboxylic acids is 2. The molecule has 6 nitrogen and oxygen atoms in total. The fourth-order valence-electron chi connectivity index (χ4n) is 1.44. The molecular weight excluding hydrogens is 477 g/mol. The van der Waals surface area contributed by atoms with Gasteiger partial charge in [-0.05, 0) is 24.3 Å². The second-order valence-corrected chi connectivity index (χ2v) is 6.81. The van der Waals surface area contributed by atoms with E-state index in [0.29, 0.717) is 0 Å². The Kier molecular flexibility index (Phi) is 7.34. The van der Waals surface area contributed by atoms with E-state index in [1.54, 1.807) is 0 Å². The van der Waals surface area contributed by atoms with Crippen molar-refractivity contribution < 1.29 is 29.1 Å². The maximum Gasteiger partial charge on any atom is 0.467 e. The van der Waals surface area contributed by atoms with E-state index in [9.17, 15) is 9.59 Å². The average Bonchev–Trinajstić information content (AvgIpc) is 2.52. The molecule has 0 atom stereocenters. The van der Waals surface area contributed by atoms with Gasteiger partial charge >= 0.3 is 11.9 Å². The maximum atomic E-state index is 11.6. The number of rotatable bonds is 4. The Balaban J connectivity index is 1.96. The van der Waals surface area contributed by atoms with E-state index in [1.807, 2.05) is 0 Å². The van der Waals surface area contributed by atoms with Gasteiger partial charge in [-0.25, -0.2) is 19.4 Å². The number of hydrogen-bond donors (Lipinski definition) is 0. The zero-order valence-corrected chi connectivity index (χ0v) is 16.6. The predicted molar refractivity (Wildman–Crippen MR) is 96.4 cm³/mol. The summed E-state index contributed by atoms with van der Waals surface area (Å²) >= 11 is 34.7. The van der Waals surface area contributed by atoms with Gasteiger partial charge in [-0.2, -0.15) is 0 Å². The Hall–Kier alpha value is -1.28. The Labute approximate surface area is 176 Å². The molecule has 0 unspecified atom stereocenters. The summed E-state index contributed by atoms with van der Waals surface area (Å²) in [5, 5.41) is 0.227. The standard InChI is InChI=1S/C14H4Cl6O6/c15-5-1-7(17)11(8(18)2-5)23-25-13(21)14(22)26-24-12-9(19)3-6(16)4-10(12)20/h1-4H. The molecule has 0 radical (unpaired) electrons. The van der Waals surface area contributed by atoms with Crippen LogP contribution in [-0.4, -0.2) is 11.9 Å². The minimum absolute atomic E-state index is 0.0559. The van der Waals surface area contributed by atoms with E-state index in [-0.39, 0.29) is 41.6 Å². The largest absolute Gasteiger partial charge is 0.467 e. The summed E-state index contributed by atoms with van der Waals surface area (Å²) in [6, 6.07) is 5.13. The van der Waals surface area contributed by atoms with Crippen LogP contribution < -0.4 is 9.78 Å². The number of benzene rings is 2. The highest BCUT2D eigenvalue weighted by molar-refractivity contribution is 6.41. The molecule has 0 heterocycles. The van der Waals surface area contributed by atoms with Crippen LogP contribution in [0.2, 0.25) is 30.1 Å². The van der Waals surface area contributed by atoms with Gasteiger partial charge in [0, 0.05) is 10.0 Å². The molecule has 2 aromatic rings. The molecule has 0 aliphatic carbocycles. The van der Waals surface area contributed by atoms with Crippen LogP contribution >= 0.6 is 69.6 Å². The van der Waals surface area contributed by atoms with Gasteiger partial charge in [-0.1, -0.05) is 69.6 Å². The molecule has 0 aliphatic heterocycles. The van der Waals surface area contributed by atoms with Crippen LogP contribution in [-0.2, 0) is 19.4 Å². The lowest BCUT2D eigenvalue weighted by molar-refractivity contribution is -0.241. The first-order chi connectivity index (χ1) is 12.2. The minimum Gasteiger partial charge on any atom is -0.283 e. The number of halogens is 6. The molecule has 26 heavy (non-hydrogen) atoms. The van der Waals surface area contributed by atoms with Crippen molar-refractivity contribution in [3.63, 3.8) is 0 Å². The summed E-state index contributed by atoms with van der Waals surface area (Å²) in [4.78, 5) is 40.9. The third-order valence-corrected chi connectivity index (χ3v) is 4.05. The average molecular weight is 481 g/mol. The second kappa shape index (κ2) is 9.08. The van der Waals surface area contributed by atoms with Crippen molar-refractivity contribution in [1.29, 1.82) is 0 Å². The highest BCUT2D eigenvalue weighted by Crippen LogP contribution is 2.37. The van der Waals surface area contributed by atoms with Gasteiger partial charge in [0.1, 0.15) is 0 Å². The third kappa shape index (κ3) is 5.36. The van der Waals surface area contributed by atoms with Gasteiger partial charge in [0.15, 0.2) is 0 Å². The predicted octanol–water partition coefficient (Wildman–Crippen LogP) is 5.98. The summed E-state index contributed by atoms with van der Waals surface area (Å²) < 4.78 is 0. The molecule has 0 N–H and O–H groups in total. The molecule has 0 saturated heterocycles. The Morgan fingerprint density at radius 3 is 1.12 bits per heavy atom. The Morgan fingerprint density at radius 2 is 0.846 bits per heavy atom. The summed E-state index contributed by atoms with van der Waals surface area (Å²) in [6.45, 7) is 0. The highest BCUT2D eigenvalue weighted by atomic mass is 35.5. The molecule has 0 spiro atoms. The molecule has 0 saturated carbocycles. The van der Waals surface area contributed by atoms with Crippen molar-refractivity contribution in [3.8, 4) is 11.5 Å². The Morgan fingerprint density at radius 1 is 0.577 bits per heavy atom. The summed E-state index contributed by atoms with van der Waals surface area (Å²) in [5.74, 6) is -3.62. The van der Waals surface area contributed by atoms with Crippen molar-refractivity contribution in [2.45, 2.75) is 0 Å². The topological polar surface area (TPSA) is 71.1 Å². The molecule has 2 rings (SSSR count). The second-order valence-electron chi connectivity index (χ2n) is 4.31. The first-order valence-corrected chi connectivity index (χ1v) is 8.52. The van der Waals surface area contributed by atoms with Crippen LogP contribution in [0.15, 0.2) is 24.3 Å². The quantitative estimate of drug-likeness (QED) is 0.304. The van der Waals surface area contributed by atoms with E-state index >= 15 is 0 Å². The molecule has 0 bridgehead atoms.